The Hall–Kier alpha value is -2.47. The molecule has 0 saturated heterocycles. The minimum Gasteiger partial charge on any atom is -0.398 e. The van der Waals surface area contributed by atoms with Crippen LogP contribution < -0.4 is 5.73 Å². The van der Waals surface area contributed by atoms with E-state index in [0.29, 0.717) is 27.8 Å². The van der Waals surface area contributed by atoms with Crippen molar-refractivity contribution in [1.29, 1.82) is 0 Å². The summed E-state index contributed by atoms with van der Waals surface area (Å²) in [4.78, 5) is 0. The van der Waals surface area contributed by atoms with E-state index in [-0.39, 0.29) is 0 Å². The van der Waals surface area contributed by atoms with Crippen LogP contribution in [0.2, 0.25) is 5.02 Å². The number of tetrazole rings is 1. The lowest BCUT2D eigenvalue weighted by Crippen LogP contribution is -2.04. The molecule has 1 aromatic heterocycles. The Morgan fingerprint density at radius 3 is 2.86 bits per heavy atom. The van der Waals surface area contributed by atoms with Crippen LogP contribution in [0.4, 0.5) is 10.1 Å². The number of anilines is 1. The molecule has 0 radical (unpaired) electrons. The monoisotopic (exact) mass is 303 g/mol. The quantitative estimate of drug-likeness (QED) is 0.739. The lowest BCUT2D eigenvalue weighted by atomic mass is 10.1. The number of nitrogens with two attached hydrogens (primary N) is 1. The summed E-state index contributed by atoms with van der Waals surface area (Å²) < 4.78 is 15.0. The smallest absolute Gasteiger partial charge is 0.189 e. The van der Waals surface area contributed by atoms with Gasteiger partial charge in [-0.25, -0.2) is 4.39 Å². The normalized spacial score (nSPS) is 10.8. The summed E-state index contributed by atoms with van der Waals surface area (Å²) >= 11 is 6.12. The second-order valence-corrected chi connectivity index (χ2v) is 4.94. The Morgan fingerprint density at radius 2 is 2.05 bits per heavy atom. The minimum atomic E-state index is -0.406. The summed E-state index contributed by atoms with van der Waals surface area (Å²) in [5, 5.41) is 12.2. The maximum atomic E-state index is 13.5. The molecular weight excluding hydrogens is 293 g/mol. The molecule has 1 heterocycles. The molecule has 21 heavy (non-hydrogen) atoms. The molecule has 0 spiro atoms. The average molecular weight is 304 g/mol. The van der Waals surface area contributed by atoms with Gasteiger partial charge in [-0.1, -0.05) is 17.7 Å². The fourth-order valence-electron chi connectivity index (χ4n) is 2.07. The Labute approximate surface area is 125 Å². The van der Waals surface area contributed by atoms with E-state index in [0.717, 1.165) is 5.56 Å². The van der Waals surface area contributed by atoms with Gasteiger partial charge in [0.25, 0.3) is 0 Å². The summed E-state index contributed by atoms with van der Waals surface area (Å²) in [6.07, 6.45) is 0. The fraction of sp³-hybridized carbons (Fsp3) is 0.0714. The van der Waals surface area contributed by atoms with Crippen LogP contribution in [0.3, 0.4) is 0 Å². The lowest BCUT2D eigenvalue weighted by molar-refractivity contribution is 0.628. The molecule has 106 valence electrons. The Morgan fingerprint density at radius 1 is 1.24 bits per heavy atom. The zero-order valence-corrected chi connectivity index (χ0v) is 11.8. The van der Waals surface area contributed by atoms with Crippen LogP contribution in [0.1, 0.15) is 5.56 Å². The van der Waals surface area contributed by atoms with Gasteiger partial charge in [0.2, 0.25) is 0 Å². The van der Waals surface area contributed by atoms with E-state index in [1.54, 1.807) is 12.1 Å². The van der Waals surface area contributed by atoms with E-state index in [2.05, 4.69) is 15.5 Å². The molecule has 0 fully saturated rings. The summed E-state index contributed by atoms with van der Waals surface area (Å²) in [5.74, 6) is -0.0473. The first-order valence-electron chi connectivity index (χ1n) is 6.17. The first-order chi connectivity index (χ1) is 10.1. The van der Waals surface area contributed by atoms with Crippen LogP contribution in [0.5, 0.6) is 0 Å². The highest BCUT2D eigenvalue weighted by atomic mass is 35.5. The Bertz CT molecular complexity index is 798. The van der Waals surface area contributed by atoms with Crippen molar-refractivity contribution in [3.63, 3.8) is 0 Å². The second kappa shape index (κ2) is 5.14. The van der Waals surface area contributed by atoms with Gasteiger partial charge in [0, 0.05) is 16.3 Å². The predicted octanol–water partition coefficient (Wildman–Crippen LogP) is 3.01. The predicted molar refractivity (Wildman–Crippen MR) is 78.7 cm³/mol. The zero-order valence-electron chi connectivity index (χ0n) is 11.1. The Balaban J connectivity index is 2.22. The van der Waals surface area contributed by atoms with Crippen LogP contribution in [0.15, 0.2) is 36.4 Å². The molecule has 0 saturated carbocycles. The SMILES string of the molecule is Cc1c(Cl)cccc1-n1nnnc1-c1cc(F)ccc1N. The number of hydrogen-bond acceptors (Lipinski definition) is 4. The van der Waals surface area contributed by atoms with Gasteiger partial charge in [0.15, 0.2) is 5.82 Å². The molecule has 0 bridgehead atoms. The first-order valence-corrected chi connectivity index (χ1v) is 6.55. The molecule has 7 heteroatoms. The minimum absolute atomic E-state index is 0.359. The van der Waals surface area contributed by atoms with Crippen LogP contribution >= 0.6 is 11.6 Å². The third-order valence-corrected chi connectivity index (χ3v) is 3.60. The molecule has 0 aliphatic carbocycles. The van der Waals surface area contributed by atoms with E-state index in [9.17, 15) is 4.39 Å². The highest BCUT2D eigenvalue weighted by molar-refractivity contribution is 6.31. The van der Waals surface area contributed by atoms with Crippen LogP contribution in [0, 0.1) is 12.7 Å². The molecule has 0 aliphatic heterocycles. The topological polar surface area (TPSA) is 69.6 Å². The highest BCUT2D eigenvalue weighted by Crippen LogP contribution is 2.28. The summed E-state index contributed by atoms with van der Waals surface area (Å²) in [7, 11) is 0. The van der Waals surface area contributed by atoms with Gasteiger partial charge in [0.1, 0.15) is 5.82 Å². The molecule has 0 aliphatic rings. The van der Waals surface area contributed by atoms with Crippen LogP contribution in [-0.4, -0.2) is 20.2 Å². The molecule has 2 aromatic carbocycles. The molecule has 5 nitrogen and oxygen atoms in total. The number of halogens is 2. The van der Waals surface area contributed by atoms with Crippen LogP contribution in [-0.2, 0) is 0 Å². The largest absolute Gasteiger partial charge is 0.398 e. The van der Waals surface area contributed by atoms with Crippen LogP contribution in [0.25, 0.3) is 17.1 Å². The second-order valence-electron chi connectivity index (χ2n) is 4.53. The van der Waals surface area contributed by atoms with Gasteiger partial charge in [-0.2, -0.15) is 4.68 Å². The average Bonchev–Trinajstić information content (AvgIpc) is 2.93. The van der Waals surface area contributed by atoms with Crippen molar-refractivity contribution in [3.05, 3.63) is 52.8 Å². The van der Waals surface area contributed by atoms with Crippen molar-refractivity contribution in [2.75, 3.05) is 5.73 Å². The summed E-state index contributed by atoms with van der Waals surface area (Å²) in [6, 6.07) is 9.48. The van der Waals surface area contributed by atoms with E-state index in [1.165, 1.54) is 22.9 Å². The summed E-state index contributed by atoms with van der Waals surface area (Å²) in [6.45, 7) is 1.86. The number of nitrogens with zero attached hydrogens (tertiary/aromatic N) is 4. The van der Waals surface area contributed by atoms with Gasteiger partial charge < -0.3 is 5.73 Å². The number of nitrogen functional groups attached to an aromatic ring is 1. The lowest BCUT2D eigenvalue weighted by Gasteiger charge is -2.10. The zero-order chi connectivity index (χ0) is 15.0. The molecule has 0 amide bonds. The number of aromatic nitrogens is 4. The van der Waals surface area contributed by atoms with Crippen molar-refractivity contribution < 1.29 is 4.39 Å². The van der Waals surface area contributed by atoms with E-state index in [1.807, 2.05) is 13.0 Å². The number of benzene rings is 2. The molecular formula is C14H11ClFN5. The van der Waals surface area contributed by atoms with Crippen molar-refractivity contribution >= 4 is 17.3 Å². The first kappa shape index (κ1) is 13.5. The van der Waals surface area contributed by atoms with Gasteiger partial charge in [-0.3, -0.25) is 0 Å². The third-order valence-electron chi connectivity index (χ3n) is 3.19. The van der Waals surface area contributed by atoms with Gasteiger partial charge in [-0.15, -0.1) is 5.10 Å². The maximum Gasteiger partial charge on any atom is 0.189 e. The van der Waals surface area contributed by atoms with Gasteiger partial charge >= 0.3 is 0 Å². The number of rotatable bonds is 2. The molecule has 0 atom stereocenters. The van der Waals surface area contributed by atoms with Crippen molar-refractivity contribution in [2.45, 2.75) is 6.92 Å². The highest BCUT2D eigenvalue weighted by Gasteiger charge is 2.16. The van der Waals surface area contributed by atoms with Gasteiger partial charge in [0.05, 0.1) is 5.69 Å². The summed E-state index contributed by atoms with van der Waals surface area (Å²) in [5.41, 5.74) is 8.26. The van der Waals surface area contributed by atoms with Crippen molar-refractivity contribution in [3.8, 4) is 17.1 Å². The standard InChI is InChI=1S/C14H11ClFN5/c1-8-11(15)3-2-4-13(8)21-14(18-19-20-21)10-7-9(16)5-6-12(10)17/h2-7H,17H2,1H3. The maximum absolute atomic E-state index is 13.5. The van der Waals surface area contributed by atoms with E-state index < -0.39 is 5.82 Å². The number of hydrogen-bond donors (Lipinski definition) is 1. The molecule has 3 aromatic rings. The fourth-order valence-corrected chi connectivity index (χ4v) is 2.23. The Kier molecular flexibility index (Phi) is 3.31. The molecule has 3 rings (SSSR count). The third kappa shape index (κ3) is 2.34. The van der Waals surface area contributed by atoms with Crippen molar-refractivity contribution in [2.24, 2.45) is 0 Å². The van der Waals surface area contributed by atoms with Gasteiger partial charge in [-0.05, 0) is 53.2 Å². The van der Waals surface area contributed by atoms with E-state index >= 15 is 0 Å². The van der Waals surface area contributed by atoms with E-state index in [4.69, 9.17) is 17.3 Å². The van der Waals surface area contributed by atoms with Crippen molar-refractivity contribution in [1.82, 2.24) is 20.2 Å². The molecule has 2 N–H and O–H groups in total. The molecule has 0 unspecified atom stereocenters.